The van der Waals surface area contributed by atoms with Gasteiger partial charge >= 0.3 is 0 Å². The minimum Gasteiger partial charge on any atom is -0.0622 e. The monoisotopic (exact) mass is 1140 g/mol. The third kappa shape index (κ3) is 8.37. The van der Waals surface area contributed by atoms with Gasteiger partial charge in [-0.1, -0.05) is 291 Å². The molecule has 0 saturated carbocycles. The number of benzene rings is 16. The summed E-state index contributed by atoms with van der Waals surface area (Å²) >= 11 is 0. The summed E-state index contributed by atoms with van der Waals surface area (Å²) in [6.07, 6.45) is 0. The van der Waals surface area contributed by atoms with Gasteiger partial charge in [-0.2, -0.15) is 0 Å². The van der Waals surface area contributed by atoms with Crippen molar-refractivity contribution in [3.05, 3.63) is 379 Å². The summed E-state index contributed by atoms with van der Waals surface area (Å²) in [5.74, 6) is 0. The molecular formula is C90H56. The van der Waals surface area contributed by atoms with Gasteiger partial charge in [-0.25, -0.2) is 0 Å². The summed E-state index contributed by atoms with van der Waals surface area (Å²) in [6.45, 7) is 0. The van der Waals surface area contributed by atoms with Crippen LogP contribution in [0.3, 0.4) is 0 Å². The van der Waals surface area contributed by atoms with Crippen LogP contribution in [0.5, 0.6) is 0 Å². The van der Waals surface area contributed by atoms with Crippen molar-refractivity contribution in [3.63, 3.8) is 0 Å². The van der Waals surface area contributed by atoms with E-state index in [1.165, 1.54) is 176 Å². The second-order valence-electron chi connectivity index (χ2n) is 24.1. The molecule has 16 aromatic rings. The molecule has 0 heteroatoms. The zero-order chi connectivity index (χ0) is 59.2. The molecule has 0 heterocycles. The second-order valence-corrected chi connectivity index (χ2v) is 24.1. The molecule has 0 aliphatic heterocycles. The first-order valence-corrected chi connectivity index (χ1v) is 31.3. The fourth-order valence-corrected chi connectivity index (χ4v) is 15.1. The van der Waals surface area contributed by atoms with E-state index in [0.717, 1.165) is 11.1 Å². The maximum Gasteiger partial charge on any atom is -0.000136 e. The van der Waals surface area contributed by atoms with E-state index in [2.05, 4.69) is 340 Å². The minimum atomic E-state index is 1.16. The lowest BCUT2D eigenvalue weighted by atomic mass is 9.82. The standard InChI is InChI=1S/C90H56/c1-3-24-59(25-4-1)81-55-83-84(56-82(81)60-26-5-2-6-27-60)89-88(78-46-22-32-58-28-9-12-39-71(58)78)86(69-37-20-34-64(51-69)79-53-66-30-10-13-40-72(66)74-42-15-17-44-76(74)79)87(90(89)85(83)68-36-19-33-62(50-68)63-48-47-57-23-7-8-29-61(57)49-63)70-38-21-35-65(52-70)80-54-67-31-11-14-41-73(67)75-43-16-18-45-77(75)80/h1-56H. The molecule has 0 fully saturated rings. The summed E-state index contributed by atoms with van der Waals surface area (Å²) < 4.78 is 0. The first-order chi connectivity index (χ1) is 44.6. The van der Waals surface area contributed by atoms with E-state index < -0.39 is 0 Å². The largest absolute Gasteiger partial charge is 0.0622 e. The van der Waals surface area contributed by atoms with Crippen molar-refractivity contribution in [1.82, 2.24) is 0 Å². The van der Waals surface area contributed by atoms with Crippen molar-refractivity contribution < 1.29 is 0 Å². The molecule has 0 aromatic heterocycles. The third-order valence-corrected chi connectivity index (χ3v) is 19.1. The Balaban J connectivity index is 1.00. The molecule has 0 amide bonds. The highest BCUT2D eigenvalue weighted by Crippen LogP contribution is 2.63. The molecule has 90 heavy (non-hydrogen) atoms. The van der Waals surface area contributed by atoms with Gasteiger partial charge in [0.05, 0.1) is 0 Å². The number of fused-ring (bicyclic) bond motifs is 11. The Morgan fingerprint density at radius 3 is 1.06 bits per heavy atom. The van der Waals surface area contributed by atoms with Gasteiger partial charge in [0.1, 0.15) is 0 Å². The maximum absolute atomic E-state index is 2.55. The van der Waals surface area contributed by atoms with Crippen molar-refractivity contribution in [2.24, 2.45) is 0 Å². The van der Waals surface area contributed by atoms with E-state index in [9.17, 15) is 0 Å². The summed E-state index contributed by atoms with van der Waals surface area (Å²) in [6, 6.07) is 127. The highest BCUT2D eigenvalue weighted by Gasteiger charge is 2.42. The van der Waals surface area contributed by atoms with Crippen molar-refractivity contribution in [1.29, 1.82) is 0 Å². The van der Waals surface area contributed by atoms with Gasteiger partial charge in [0.25, 0.3) is 0 Å². The SMILES string of the molecule is c1ccc(-c2cc3c(cc2-c2ccccc2)C(c2cccc(-c4ccc5ccccc5c4)c2)=C2C(c4cccc(-c5cc6ccccc6c6ccccc56)c4)=C(c4cccc(-c5cc6ccccc6c6ccccc56)c4)C(c4cccc5ccccc45)=C23)cc1. The minimum absolute atomic E-state index is 1.16. The van der Waals surface area contributed by atoms with Crippen molar-refractivity contribution >= 4 is 92.5 Å². The maximum atomic E-state index is 2.55. The molecule has 0 radical (unpaired) electrons. The van der Waals surface area contributed by atoms with Gasteiger partial charge in [-0.15, -0.1) is 0 Å². The Bertz CT molecular complexity index is 5750. The van der Waals surface area contributed by atoms with E-state index in [0.29, 0.717) is 0 Å². The lowest BCUT2D eigenvalue weighted by Gasteiger charge is -2.20. The summed E-state index contributed by atoms with van der Waals surface area (Å²) in [5.41, 5.74) is 26.4. The molecule has 0 atom stereocenters. The topological polar surface area (TPSA) is 0 Å². The summed E-state index contributed by atoms with van der Waals surface area (Å²) in [4.78, 5) is 0. The van der Waals surface area contributed by atoms with E-state index in [1.54, 1.807) is 0 Å². The molecule has 18 rings (SSSR count). The zero-order valence-corrected chi connectivity index (χ0v) is 49.3. The van der Waals surface area contributed by atoms with Gasteiger partial charge in [-0.05, 0) is 236 Å². The van der Waals surface area contributed by atoms with Gasteiger partial charge in [0.2, 0.25) is 0 Å². The van der Waals surface area contributed by atoms with Crippen LogP contribution in [-0.2, 0) is 0 Å². The third-order valence-electron chi connectivity index (χ3n) is 19.1. The van der Waals surface area contributed by atoms with E-state index in [-0.39, 0.29) is 0 Å². The molecular weight excluding hydrogens is 1080 g/mol. The van der Waals surface area contributed by atoms with Crippen LogP contribution in [0.1, 0.15) is 33.4 Å². The normalized spacial score (nSPS) is 13.0. The Morgan fingerprint density at radius 2 is 0.478 bits per heavy atom. The lowest BCUT2D eigenvalue weighted by molar-refractivity contribution is 1.51. The predicted molar refractivity (Wildman–Crippen MR) is 384 cm³/mol. The molecule has 0 unspecified atom stereocenters. The molecule has 0 N–H and O–H groups in total. The van der Waals surface area contributed by atoms with Crippen molar-refractivity contribution in [2.75, 3.05) is 0 Å². The van der Waals surface area contributed by atoms with Crippen LogP contribution in [-0.4, -0.2) is 0 Å². The fourth-order valence-electron chi connectivity index (χ4n) is 15.1. The second kappa shape index (κ2) is 21.0. The smallest absolute Gasteiger partial charge is 0.000136 e. The van der Waals surface area contributed by atoms with E-state index >= 15 is 0 Å². The molecule has 416 valence electrons. The average molecular weight is 1140 g/mol. The molecule has 2 aliphatic rings. The first-order valence-electron chi connectivity index (χ1n) is 31.3. The van der Waals surface area contributed by atoms with Crippen LogP contribution >= 0.6 is 0 Å². The molecule has 16 aromatic carbocycles. The fraction of sp³-hybridized carbons (Fsp3) is 0. The first kappa shape index (κ1) is 51.5. The zero-order valence-electron chi connectivity index (χ0n) is 49.3. The van der Waals surface area contributed by atoms with Crippen molar-refractivity contribution in [2.45, 2.75) is 0 Å². The Labute approximate surface area is 523 Å². The van der Waals surface area contributed by atoms with Crippen LogP contribution < -0.4 is 0 Å². The molecule has 2 aliphatic carbocycles. The Hall–Kier alpha value is -11.7. The number of hydrogen-bond acceptors (Lipinski definition) is 0. The molecule has 0 nitrogen and oxygen atoms in total. The molecule has 0 spiro atoms. The lowest BCUT2D eigenvalue weighted by Crippen LogP contribution is -1.98. The number of rotatable bonds is 9. The summed E-state index contributed by atoms with van der Waals surface area (Å²) in [5, 5.41) is 14.8. The van der Waals surface area contributed by atoms with Gasteiger partial charge in [0, 0.05) is 0 Å². The predicted octanol–water partition coefficient (Wildman–Crippen LogP) is 24.3. The Morgan fingerprint density at radius 1 is 0.111 bits per heavy atom. The van der Waals surface area contributed by atoms with Crippen LogP contribution in [0.25, 0.3) is 148 Å². The van der Waals surface area contributed by atoms with Crippen LogP contribution in [0.15, 0.2) is 345 Å². The highest BCUT2D eigenvalue weighted by molar-refractivity contribution is 6.41. The molecule has 0 bridgehead atoms. The van der Waals surface area contributed by atoms with Crippen LogP contribution in [0, 0.1) is 0 Å². The quantitative estimate of drug-likeness (QED) is 0.126. The Kier molecular flexibility index (Phi) is 12.0. The number of allylic oxidation sites excluding steroid dienone is 5. The van der Waals surface area contributed by atoms with Gasteiger partial charge in [-0.3, -0.25) is 0 Å². The highest BCUT2D eigenvalue weighted by atomic mass is 14.4. The van der Waals surface area contributed by atoms with Gasteiger partial charge < -0.3 is 0 Å². The van der Waals surface area contributed by atoms with Crippen molar-refractivity contribution in [3.8, 4) is 55.6 Å². The van der Waals surface area contributed by atoms with E-state index in [1.807, 2.05) is 0 Å². The molecule has 0 saturated heterocycles. The number of hydrogen-bond donors (Lipinski definition) is 0. The van der Waals surface area contributed by atoms with E-state index in [4.69, 9.17) is 0 Å². The summed E-state index contributed by atoms with van der Waals surface area (Å²) in [7, 11) is 0. The van der Waals surface area contributed by atoms with Crippen LogP contribution in [0.4, 0.5) is 0 Å². The van der Waals surface area contributed by atoms with Crippen LogP contribution in [0.2, 0.25) is 0 Å². The van der Waals surface area contributed by atoms with Gasteiger partial charge in [0.15, 0.2) is 0 Å². The average Bonchev–Trinajstić information content (AvgIpc) is 1.53.